The number of aryl methyl sites for hydroxylation is 1. The summed E-state index contributed by atoms with van der Waals surface area (Å²) in [6.45, 7) is 6.23. The topological polar surface area (TPSA) is 29.0 Å². The van der Waals surface area contributed by atoms with Crippen LogP contribution in [0.15, 0.2) is 36.4 Å². The predicted octanol–water partition coefficient (Wildman–Crippen LogP) is 3.63. The van der Waals surface area contributed by atoms with Crippen LogP contribution in [0.4, 0.5) is 5.82 Å². The molecule has 0 radical (unpaired) electrons. The number of benzene rings is 1. The molecule has 2 aliphatic rings. The highest BCUT2D eigenvalue weighted by molar-refractivity contribution is 5.93. The smallest absolute Gasteiger partial charge is 0.159 e. The second-order valence-corrected chi connectivity index (χ2v) is 6.11. The number of anilines is 1. The summed E-state index contributed by atoms with van der Waals surface area (Å²) >= 11 is 0. The molecule has 2 saturated heterocycles. The van der Waals surface area contributed by atoms with Gasteiger partial charge in [0.1, 0.15) is 0 Å². The lowest BCUT2D eigenvalue weighted by Gasteiger charge is -2.37. The zero-order valence-corrected chi connectivity index (χ0v) is 11.8. The van der Waals surface area contributed by atoms with Gasteiger partial charge >= 0.3 is 0 Å². The first-order valence-corrected chi connectivity index (χ1v) is 7.41. The minimum Gasteiger partial charge on any atom is -0.348 e. The van der Waals surface area contributed by atoms with Crippen LogP contribution in [0.25, 0.3) is 10.8 Å². The highest BCUT2D eigenvalue weighted by Gasteiger charge is 2.39. The van der Waals surface area contributed by atoms with Crippen molar-refractivity contribution in [2.24, 2.45) is 0 Å². The van der Waals surface area contributed by atoms with E-state index in [1.807, 2.05) is 6.92 Å². The molecule has 2 aromatic rings. The molecule has 102 valence electrons. The van der Waals surface area contributed by atoms with Gasteiger partial charge < -0.3 is 4.90 Å². The van der Waals surface area contributed by atoms with Gasteiger partial charge in [0.25, 0.3) is 0 Å². The lowest BCUT2D eigenvalue weighted by molar-refractivity contribution is 0.545. The molecule has 2 fully saturated rings. The quantitative estimate of drug-likeness (QED) is 0.737. The van der Waals surface area contributed by atoms with Crippen molar-refractivity contribution in [3.63, 3.8) is 0 Å². The number of hydrogen-bond acceptors (Lipinski definition) is 3. The van der Waals surface area contributed by atoms with Gasteiger partial charge in [-0.25, -0.2) is 0 Å². The maximum Gasteiger partial charge on any atom is 0.159 e. The van der Waals surface area contributed by atoms with Crippen molar-refractivity contribution in [2.45, 2.75) is 44.7 Å². The maximum absolute atomic E-state index is 4.54. The molecule has 2 unspecified atom stereocenters. The van der Waals surface area contributed by atoms with Gasteiger partial charge in [0, 0.05) is 22.9 Å². The third kappa shape index (κ3) is 1.65. The van der Waals surface area contributed by atoms with Gasteiger partial charge in [-0.2, -0.15) is 5.10 Å². The third-order valence-corrected chi connectivity index (χ3v) is 4.77. The normalized spacial score (nSPS) is 25.4. The van der Waals surface area contributed by atoms with E-state index in [0.29, 0.717) is 12.1 Å². The van der Waals surface area contributed by atoms with Gasteiger partial charge in [-0.3, -0.25) is 0 Å². The Kier molecular flexibility index (Phi) is 2.56. The van der Waals surface area contributed by atoms with Gasteiger partial charge in [0.2, 0.25) is 0 Å². The van der Waals surface area contributed by atoms with E-state index in [1.54, 1.807) is 0 Å². The van der Waals surface area contributed by atoms with Crippen LogP contribution in [0.3, 0.4) is 0 Å². The molecule has 1 aromatic carbocycles. The fraction of sp³-hybridized carbons (Fsp3) is 0.412. The second kappa shape index (κ2) is 4.30. The van der Waals surface area contributed by atoms with E-state index >= 15 is 0 Å². The number of hydrogen-bond donors (Lipinski definition) is 0. The van der Waals surface area contributed by atoms with Crippen molar-refractivity contribution in [1.29, 1.82) is 0 Å². The largest absolute Gasteiger partial charge is 0.348 e. The second-order valence-electron chi connectivity index (χ2n) is 6.11. The van der Waals surface area contributed by atoms with Gasteiger partial charge in [-0.15, -0.1) is 5.10 Å². The molecular weight excluding hydrogens is 246 g/mol. The SMILES string of the molecule is C=C1CC2CCC(C1)N2c1nnc(C)c2ccccc12. The molecule has 0 N–H and O–H groups in total. The maximum atomic E-state index is 4.54. The van der Waals surface area contributed by atoms with Crippen molar-refractivity contribution in [3.8, 4) is 0 Å². The summed E-state index contributed by atoms with van der Waals surface area (Å²) in [6, 6.07) is 9.64. The third-order valence-electron chi connectivity index (χ3n) is 4.77. The summed E-state index contributed by atoms with van der Waals surface area (Å²) in [5, 5.41) is 11.4. The Balaban J connectivity index is 1.87. The van der Waals surface area contributed by atoms with E-state index in [0.717, 1.165) is 24.4 Å². The number of aromatic nitrogens is 2. The summed E-state index contributed by atoms with van der Waals surface area (Å²) in [7, 11) is 0. The molecule has 2 aliphatic heterocycles. The Bertz CT molecular complexity index is 676. The number of nitrogens with zero attached hydrogens (tertiary/aromatic N) is 3. The molecule has 3 heterocycles. The van der Waals surface area contributed by atoms with Crippen molar-refractivity contribution in [1.82, 2.24) is 10.2 Å². The molecule has 0 amide bonds. The molecular formula is C17H19N3. The zero-order chi connectivity index (χ0) is 13.7. The minimum atomic E-state index is 0.571. The van der Waals surface area contributed by atoms with Gasteiger partial charge in [0.05, 0.1) is 5.69 Å². The molecule has 0 saturated carbocycles. The van der Waals surface area contributed by atoms with E-state index in [-0.39, 0.29) is 0 Å². The lowest BCUT2D eigenvalue weighted by atomic mass is 9.97. The molecule has 4 rings (SSSR count). The Morgan fingerprint density at radius 1 is 1.05 bits per heavy atom. The first kappa shape index (κ1) is 11.9. The molecule has 0 aliphatic carbocycles. The fourth-order valence-electron chi connectivity index (χ4n) is 3.87. The molecule has 2 atom stereocenters. The molecule has 3 heteroatoms. The first-order chi connectivity index (χ1) is 9.74. The van der Waals surface area contributed by atoms with Crippen LogP contribution in [0.5, 0.6) is 0 Å². The molecule has 3 nitrogen and oxygen atoms in total. The van der Waals surface area contributed by atoms with E-state index in [1.165, 1.54) is 29.2 Å². The Hall–Kier alpha value is -1.90. The first-order valence-electron chi connectivity index (χ1n) is 7.41. The molecule has 0 spiro atoms. The van der Waals surface area contributed by atoms with Gasteiger partial charge in [0.15, 0.2) is 5.82 Å². The average molecular weight is 265 g/mol. The Morgan fingerprint density at radius 3 is 2.40 bits per heavy atom. The number of fused-ring (bicyclic) bond motifs is 3. The highest BCUT2D eigenvalue weighted by atomic mass is 15.3. The monoisotopic (exact) mass is 265 g/mol. The summed E-state index contributed by atoms with van der Waals surface area (Å²) < 4.78 is 0. The molecule has 2 bridgehead atoms. The predicted molar refractivity (Wildman–Crippen MR) is 81.9 cm³/mol. The molecule has 1 aromatic heterocycles. The summed E-state index contributed by atoms with van der Waals surface area (Å²) in [5.74, 6) is 1.08. The summed E-state index contributed by atoms with van der Waals surface area (Å²) in [4.78, 5) is 2.52. The van der Waals surface area contributed by atoms with Crippen LogP contribution in [0, 0.1) is 6.92 Å². The highest BCUT2D eigenvalue weighted by Crippen LogP contribution is 2.42. The van der Waals surface area contributed by atoms with Crippen molar-refractivity contribution >= 4 is 16.6 Å². The number of rotatable bonds is 1. The van der Waals surface area contributed by atoms with Crippen molar-refractivity contribution in [2.75, 3.05) is 4.90 Å². The average Bonchev–Trinajstić information content (AvgIpc) is 2.72. The van der Waals surface area contributed by atoms with Crippen molar-refractivity contribution in [3.05, 3.63) is 42.1 Å². The van der Waals surface area contributed by atoms with Crippen LogP contribution in [0.2, 0.25) is 0 Å². The van der Waals surface area contributed by atoms with E-state index in [9.17, 15) is 0 Å². The van der Waals surface area contributed by atoms with Crippen LogP contribution >= 0.6 is 0 Å². The van der Waals surface area contributed by atoms with Gasteiger partial charge in [-0.05, 0) is 32.6 Å². The van der Waals surface area contributed by atoms with Crippen LogP contribution in [-0.4, -0.2) is 22.3 Å². The van der Waals surface area contributed by atoms with E-state index in [2.05, 4.69) is 45.9 Å². The van der Waals surface area contributed by atoms with Crippen LogP contribution < -0.4 is 4.90 Å². The Morgan fingerprint density at radius 2 is 1.70 bits per heavy atom. The zero-order valence-electron chi connectivity index (χ0n) is 11.8. The van der Waals surface area contributed by atoms with Crippen molar-refractivity contribution < 1.29 is 0 Å². The summed E-state index contributed by atoms with van der Waals surface area (Å²) in [6.07, 6.45) is 4.74. The van der Waals surface area contributed by atoms with Gasteiger partial charge in [-0.1, -0.05) is 36.4 Å². The standard InChI is InChI=1S/C17H19N3/c1-11-9-13-7-8-14(10-11)20(13)17-16-6-4-3-5-15(16)12(2)18-19-17/h3-6,13-14H,1,7-10H2,2H3. The van der Waals surface area contributed by atoms with E-state index in [4.69, 9.17) is 0 Å². The Labute approximate surface area is 119 Å². The van der Waals surface area contributed by atoms with Crippen LogP contribution in [-0.2, 0) is 0 Å². The van der Waals surface area contributed by atoms with E-state index < -0.39 is 0 Å². The fourth-order valence-corrected chi connectivity index (χ4v) is 3.87. The number of piperidine rings is 1. The minimum absolute atomic E-state index is 0.571. The summed E-state index contributed by atoms with van der Waals surface area (Å²) in [5.41, 5.74) is 2.41. The molecule has 20 heavy (non-hydrogen) atoms. The lowest BCUT2D eigenvalue weighted by Crippen LogP contribution is -2.41. The van der Waals surface area contributed by atoms with Crippen LogP contribution in [0.1, 0.15) is 31.4 Å².